The van der Waals surface area contributed by atoms with E-state index >= 15 is 0 Å². The summed E-state index contributed by atoms with van der Waals surface area (Å²) in [7, 11) is 2.03. The number of nitrogens with zero attached hydrogens (tertiary/aromatic N) is 5. The molecule has 2 aromatic rings. The number of alkyl halides is 3. The van der Waals surface area contributed by atoms with Gasteiger partial charge in [-0.05, 0) is 49.6 Å². The number of piperidine rings is 1. The van der Waals surface area contributed by atoms with Crippen molar-refractivity contribution in [2.24, 2.45) is 5.92 Å². The first-order valence-corrected chi connectivity index (χ1v) is 12.8. The number of aromatic nitrogens is 2. The normalized spacial score (nSPS) is 17.9. The van der Waals surface area contributed by atoms with Crippen LogP contribution in [0.4, 0.5) is 30.5 Å². The lowest BCUT2D eigenvalue weighted by Crippen LogP contribution is -2.43. The van der Waals surface area contributed by atoms with Crippen molar-refractivity contribution in [3.63, 3.8) is 0 Å². The Morgan fingerprint density at radius 2 is 1.68 bits per heavy atom. The van der Waals surface area contributed by atoms with E-state index in [1.54, 1.807) is 12.3 Å². The highest BCUT2D eigenvalue weighted by Gasteiger charge is 2.32. The van der Waals surface area contributed by atoms with Gasteiger partial charge in [-0.1, -0.05) is 0 Å². The van der Waals surface area contributed by atoms with Crippen molar-refractivity contribution < 1.29 is 22.8 Å². The highest BCUT2D eigenvalue weighted by atomic mass is 19.4. The first-order chi connectivity index (χ1) is 18.0. The lowest BCUT2D eigenvalue weighted by molar-refractivity contribution is -0.137. The van der Waals surface area contributed by atoms with Gasteiger partial charge in [0.2, 0.25) is 11.8 Å². The number of benzene rings is 1. The Labute approximate surface area is 220 Å². The van der Waals surface area contributed by atoms with E-state index in [1.165, 1.54) is 19.2 Å². The molecule has 2 aliphatic heterocycles. The summed E-state index contributed by atoms with van der Waals surface area (Å²) in [5.41, 5.74) is -0.0297. The van der Waals surface area contributed by atoms with Crippen LogP contribution in [0.5, 0.6) is 0 Å². The molecule has 2 fully saturated rings. The van der Waals surface area contributed by atoms with Gasteiger partial charge in [0.05, 0.1) is 18.0 Å². The molecule has 2 saturated heterocycles. The standard InChI is InChI=1S/C26H34F3N7O2/c1-18(37)32-23-15-31-24(16-30-23)36-5-3-19(4-6-36)13-25(38)33-22-12-20(11-21(14-22)26(27,28)29)17-35-9-7-34(2)8-10-35/h11-12,14-16,19H,3-10,13,17H2,1-2H3,(H,33,38)(H,30,32,37). The van der Waals surface area contributed by atoms with Crippen molar-refractivity contribution >= 4 is 29.1 Å². The van der Waals surface area contributed by atoms with Crippen LogP contribution in [0.1, 0.15) is 37.3 Å². The molecule has 4 rings (SSSR count). The molecule has 0 radical (unpaired) electrons. The Hall–Kier alpha value is -3.25. The van der Waals surface area contributed by atoms with Gasteiger partial charge in [-0.25, -0.2) is 9.97 Å². The lowest BCUT2D eigenvalue weighted by Gasteiger charge is -2.32. The summed E-state index contributed by atoms with van der Waals surface area (Å²) in [6, 6.07) is 3.84. The predicted molar refractivity (Wildman–Crippen MR) is 139 cm³/mol. The highest BCUT2D eigenvalue weighted by Crippen LogP contribution is 2.33. The van der Waals surface area contributed by atoms with E-state index in [2.05, 4.69) is 35.3 Å². The van der Waals surface area contributed by atoms with Gasteiger partial charge >= 0.3 is 6.18 Å². The van der Waals surface area contributed by atoms with Crippen molar-refractivity contribution in [3.8, 4) is 0 Å². The zero-order valence-corrected chi connectivity index (χ0v) is 21.7. The quantitative estimate of drug-likeness (QED) is 0.563. The smallest absolute Gasteiger partial charge is 0.355 e. The Morgan fingerprint density at radius 3 is 2.29 bits per heavy atom. The fourth-order valence-electron chi connectivity index (χ4n) is 4.85. The van der Waals surface area contributed by atoms with Gasteiger partial charge in [0.25, 0.3) is 0 Å². The van der Waals surface area contributed by atoms with Crippen molar-refractivity contribution in [2.75, 3.05) is 61.8 Å². The van der Waals surface area contributed by atoms with Crippen LogP contribution in [0.3, 0.4) is 0 Å². The number of rotatable bonds is 7. The number of likely N-dealkylation sites (N-methyl/N-ethyl adjacent to an activating group) is 1. The third-order valence-corrected chi connectivity index (χ3v) is 6.96. The van der Waals surface area contributed by atoms with E-state index in [0.29, 0.717) is 36.8 Å². The Balaban J connectivity index is 1.32. The molecule has 0 aliphatic carbocycles. The number of amides is 2. The SMILES string of the molecule is CC(=O)Nc1cnc(N2CCC(CC(=O)Nc3cc(CN4CCN(C)CC4)cc(C(F)(F)F)c3)CC2)cn1. The van der Waals surface area contributed by atoms with Crippen molar-refractivity contribution in [1.82, 2.24) is 19.8 Å². The fraction of sp³-hybridized carbons (Fsp3) is 0.538. The van der Waals surface area contributed by atoms with Crippen LogP contribution in [-0.2, 0) is 22.3 Å². The van der Waals surface area contributed by atoms with Gasteiger partial charge in [-0.2, -0.15) is 13.2 Å². The molecule has 9 nitrogen and oxygen atoms in total. The first kappa shape index (κ1) is 27.8. The van der Waals surface area contributed by atoms with Gasteiger partial charge in [-0.15, -0.1) is 0 Å². The number of hydrogen-bond acceptors (Lipinski definition) is 7. The maximum atomic E-state index is 13.6. The van der Waals surface area contributed by atoms with Crippen LogP contribution in [0, 0.1) is 5.92 Å². The van der Waals surface area contributed by atoms with Gasteiger partial charge < -0.3 is 20.4 Å². The molecule has 206 valence electrons. The Kier molecular flexibility index (Phi) is 8.83. The van der Waals surface area contributed by atoms with E-state index in [1.807, 2.05) is 7.05 Å². The Bertz CT molecular complexity index is 1110. The summed E-state index contributed by atoms with van der Waals surface area (Å²) < 4.78 is 40.7. The molecule has 1 aromatic heterocycles. The average molecular weight is 534 g/mol. The second-order valence-electron chi connectivity index (χ2n) is 10.1. The molecule has 0 spiro atoms. The monoisotopic (exact) mass is 533 g/mol. The van der Waals surface area contributed by atoms with E-state index in [0.717, 1.165) is 45.1 Å². The van der Waals surface area contributed by atoms with Crippen molar-refractivity contribution in [2.45, 2.75) is 38.9 Å². The van der Waals surface area contributed by atoms with Crippen molar-refractivity contribution in [3.05, 3.63) is 41.7 Å². The lowest BCUT2D eigenvalue weighted by atomic mass is 9.93. The van der Waals surface area contributed by atoms with E-state index in [4.69, 9.17) is 0 Å². The zero-order valence-electron chi connectivity index (χ0n) is 21.7. The minimum absolute atomic E-state index is 0.119. The molecule has 12 heteroatoms. The first-order valence-electron chi connectivity index (χ1n) is 12.8. The largest absolute Gasteiger partial charge is 0.416 e. The number of nitrogens with one attached hydrogen (secondary N) is 2. The minimum Gasteiger partial charge on any atom is -0.355 e. The predicted octanol–water partition coefficient (Wildman–Crippen LogP) is 3.45. The molecule has 2 aliphatic rings. The summed E-state index contributed by atoms with van der Waals surface area (Å²) in [5, 5.41) is 5.29. The van der Waals surface area contributed by atoms with E-state index < -0.39 is 11.7 Å². The number of carbonyl (C=O) groups excluding carboxylic acids is 2. The number of hydrogen-bond donors (Lipinski definition) is 2. The number of anilines is 3. The third kappa shape index (κ3) is 7.87. The second-order valence-corrected chi connectivity index (χ2v) is 10.1. The minimum atomic E-state index is -4.49. The van der Waals surface area contributed by atoms with Gasteiger partial charge in [0.1, 0.15) is 5.82 Å². The molecule has 0 atom stereocenters. The summed E-state index contributed by atoms with van der Waals surface area (Å²) in [6.07, 6.45) is 0.354. The highest BCUT2D eigenvalue weighted by molar-refractivity contribution is 5.91. The third-order valence-electron chi connectivity index (χ3n) is 6.96. The molecule has 2 amide bonds. The summed E-state index contributed by atoms with van der Waals surface area (Å²) in [6.45, 7) is 6.50. The molecule has 0 unspecified atom stereocenters. The number of halogens is 3. The average Bonchev–Trinajstić information content (AvgIpc) is 2.85. The summed E-state index contributed by atoms with van der Waals surface area (Å²) in [4.78, 5) is 38.8. The molecule has 38 heavy (non-hydrogen) atoms. The van der Waals surface area contributed by atoms with E-state index in [9.17, 15) is 22.8 Å². The summed E-state index contributed by atoms with van der Waals surface area (Å²) >= 11 is 0. The number of carbonyl (C=O) groups is 2. The van der Waals surface area contributed by atoms with Crippen LogP contribution in [0.15, 0.2) is 30.6 Å². The van der Waals surface area contributed by atoms with Gasteiger partial charge in [-0.3, -0.25) is 14.5 Å². The van der Waals surface area contributed by atoms with Gasteiger partial charge in [0, 0.05) is 64.8 Å². The van der Waals surface area contributed by atoms with E-state index in [-0.39, 0.29) is 29.8 Å². The molecule has 1 aromatic carbocycles. The molecule has 0 bridgehead atoms. The molecule has 0 saturated carbocycles. The fourth-order valence-corrected chi connectivity index (χ4v) is 4.85. The van der Waals surface area contributed by atoms with Crippen LogP contribution in [0.2, 0.25) is 0 Å². The van der Waals surface area contributed by atoms with Crippen molar-refractivity contribution in [1.29, 1.82) is 0 Å². The van der Waals surface area contributed by atoms with Gasteiger partial charge in [0.15, 0.2) is 5.82 Å². The zero-order chi connectivity index (χ0) is 27.3. The molecule has 3 heterocycles. The molecular weight excluding hydrogens is 499 g/mol. The maximum absolute atomic E-state index is 13.6. The Morgan fingerprint density at radius 1 is 0.974 bits per heavy atom. The molecule has 2 N–H and O–H groups in total. The number of piperazine rings is 1. The van der Waals surface area contributed by atoms with Crippen LogP contribution >= 0.6 is 0 Å². The van der Waals surface area contributed by atoms with Crippen LogP contribution < -0.4 is 15.5 Å². The topological polar surface area (TPSA) is 93.7 Å². The maximum Gasteiger partial charge on any atom is 0.416 e. The van der Waals surface area contributed by atoms with Crippen LogP contribution in [0.25, 0.3) is 0 Å². The second kappa shape index (κ2) is 12.1. The van der Waals surface area contributed by atoms with Crippen LogP contribution in [-0.4, -0.2) is 77.9 Å². The summed E-state index contributed by atoms with van der Waals surface area (Å²) in [5.74, 6) is 0.691. The molecular formula is C26H34F3N7O2.